The van der Waals surface area contributed by atoms with Crippen LogP contribution in [0.5, 0.6) is 0 Å². The first-order chi connectivity index (χ1) is 11.2. The van der Waals surface area contributed by atoms with E-state index >= 15 is 0 Å². The predicted molar refractivity (Wildman–Crippen MR) is 89.3 cm³/mol. The van der Waals surface area contributed by atoms with Crippen molar-refractivity contribution >= 4 is 21.7 Å². The van der Waals surface area contributed by atoms with Crippen LogP contribution in [0.1, 0.15) is 13.3 Å². The Morgan fingerprint density at radius 2 is 1.62 bits per heavy atom. The molecule has 0 aliphatic carbocycles. The van der Waals surface area contributed by atoms with E-state index in [2.05, 4.69) is 0 Å². The van der Waals surface area contributed by atoms with E-state index in [1.165, 1.54) is 0 Å². The number of piperazine rings is 1. The highest BCUT2D eigenvalue weighted by Gasteiger charge is 2.49. The Labute approximate surface area is 143 Å². The molecule has 9 heteroatoms. The molecule has 0 bridgehead atoms. The highest BCUT2D eigenvalue weighted by atomic mass is 32.2. The molecule has 0 saturated carbocycles. The number of rotatable bonds is 6. The van der Waals surface area contributed by atoms with Gasteiger partial charge in [0.05, 0.1) is 43.2 Å². The molecule has 2 aliphatic rings. The molecule has 2 aliphatic heterocycles. The summed E-state index contributed by atoms with van der Waals surface area (Å²) in [4.78, 5) is 29.9. The molecule has 2 saturated heterocycles. The van der Waals surface area contributed by atoms with Gasteiger partial charge in [0, 0.05) is 19.7 Å². The number of fused-ring (bicyclic) bond motifs is 1. The molecule has 0 aromatic heterocycles. The molecule has 0 radical (unpaired) electrons. The second-order valence-corrected chi connectivity index (χ2v) is 8.72. The first-order valence-corrected chi connectivity index (χ1v) is 10.1. The van der Waals surface area contributed by atoms with Crippen molar-refractivity contribution < 1.29 is 22.7 Å². The van der Waals surface area contributed by atoms with Crippen LogP contribution in [-0.2, 0) is 24.2 Å². The maximum Gasteiger partial charge on any atom is 0.237 e. The van der Waals surface area contributed by atoms with Crippen molar-refractivity contribution in [3.8, 4) is 0 Å². The SMILES string of the molecule is CCOCCC(=O)N1CCN(C(=O)CN(C)C)[C@@H]2CS(=O)(=O)C[C@@H]21. The van der Waals surface area contributed by atoms with Crippen LogP contribution in [-0.4, -0.2) is 105 Å². The number of likely N-dealkylation sites (N-methyl/N-ethyl adjacent to an activating group) is 1. The number of hydrogen-bond acceptors (Lipinski definition) is 6. The van der Waals surface area contributed by atoms with Crippen LogP contribution in [0.15, 0.2) is 0 Å². The average Bonchev–Trinajstić information content (AvgIpc) is 2.80. The van der Waals surface area contributed by atoms with Crippen LogP contribution in [0.4, 0.5) is 0 Å². The number of carbonyl (C=O) groups is 2. The number of nitrogens with zero attached hydrogens (tertiary/aromatic N) is 3. The van der Waals surface area contributed by atoms with Gasteiger partial charge in [0.1, 0.15) is 0 Å². The number of carbonyl (C=O) groups excluding carboxylic acids is 2. The molecule has 24 heavy (non-hydrogen) atoms. The topological polar surface area (TPSA) is 87.2 Å². The molecular formula is C15H27N3O5S. The summed E-state index contributed by atoms with van der Waals surface area (Å²) < 4.78 is 29.4. The average molecular weight is 361 g/mol. The summed E-state index contributed by atoms with van der Waals surface area (Å²) in [6, 6.07) is -0.878. The first kappa shape index (κ1) is 19.1. The van der Waals surface area contributed by atoms with E-state index in [4.69, 9.17) is 4.74 Å². The van der Waals surface area contributed by atoms with E-state index in [9.17, 15) is 18.0 Å². The molecule has 2 rings (SSSR count). The van der Waals surface area contributed by atoms with E-state index < -0.39 is 21.9 Å². The normalized spacial score (nSPS) is 25.8. The lowest BCUT2D eigenvalue weighted by molar-refractivity contribution is -0.146. The van der Waals surface area contributed by atoms with Gasteiger partial charge in [-0.15, -0.1) is 0 Å². The lowest BCUT2D eigenvalue weighted by atomic mass is 10.0. The molecule has 0 aromatic carbocycles. The Kier molecular flexibility index (Phi) is 6.22. The van der Waals surface area contributed by atoms with Crippen molar-refractivity contribution in [2.75, 3.05) is 58.4 Å². The van der Waals surface area contributed by atoms with Gasteiger partial charge < -0.3 is 19.4 Å². The van der Waals surface area contributed by atoms with Crippen LogP contribution in [0.2, 0.25) is 0 Å². The van der Waals surface area contributed by atoms with Gasteiger partial charge in [0.15, 0.2) is 9.84 Å². The Morgan fingerprint density at radius 3 is 2.12 bits per heavy atom. The quantitative estimate of drug-likeness (QED) is 0.553. The Morgan fingerprint density at radius 1 is 1.08 bits per heavy atom. The number of hydrogen-bond donors (Lipinski definition) is 0. The monoisotopic (exact) mass is 361 g/mol. The van der Waals surface area contributed by atoms with Gasteiger partial charge in [-0.3, -0.25) is 9.59 Å². The van der Waals surface area contributed by atoms with Gasteiger partial charge in [0.2, 0.25) is 11.8 Å². The fourth-order valence-corrected chi connectivity index (χ4v) is 5.36. The summed E-state index contributed by atoms with van der Waals surface area (Å²) in [5, 5.41) is 0. The van der Waals surface area contributed by atoms with Crippen molar-refractivity contribution in [1.29, 1.82) is 0 Å². The van der Waals surface area contributed by atoms with E-state index in [1.54, 1.807) is 28.8 Å². The molecule has 0 unspecified atom stereocenters. The van der Waals surface area contributed by atoms with Gasteiger partial charge >= 0.3 is 0 Å². The maximum atomic E-state index is 12.4. The number of ether oxygens (including phenoxy) is 1. The van der Waals surface area contributed by atoms with Crippen molar-refractivity contribution in [3.63, 3.8) is 0 Å². The van der Waals surface area contributed by atoms with Crippen LogP contribution in [0.3, 0.4) is 0 Å². The molecule has 2 amide bonds. The fourth-order valence-electron chi connectivity index (χ4n) is 3.38. The third-order valence-corrected chi connectivity index (χ3v) is 6.13. The second kappa shape index (κ2) is 7.79. The minimum Gasteiger partial charge on any atom is -0.381 e. The minimum atomic E-state index is -3.25. The van der Waals surface area contributed by atoms with Gasteiger partial charge in [0.25, 0.3) is 0 Å². The van der Waals surface area contributed by atoms with E-state index in [0.717, 1.165) is 0 Å². The Balaban J connectivity index is 2.12. The highest BCUT2D eigenvalue weighted by Crippen LogP contribution is 2.27. The Hall–Kier alpha value is -1.19. The maximum absolute atomic E-state index is 12.4. The summed E-state index contributed by atoms with van der Waals surface area (Å²) in [5.74, 6) is -0.320. The van der Waals surface area contributed by atoms with Crippen LogP contribution in [0.25, 0.3) is 0 Å². The van der Waals surface area contributed by atoms with Crippen molar-refractivity contribution in [2.45, 2.75) is 25.4 Å². The van der Waals surface area contributed by atoms with Crippen LogP contribution < -0.4 is 0 Å². The molecule has 2 fully saturated rings. The van der Waals surface area contributed by atoms with Gasteiger partial charge in [-0.25, -0.2) is 8.42 Å². The van der Waals surface area contributed by atoms with Crippen molar-refractivity contribution in [3.05, 3.63) is 0 Å². The first-order valence-electron chi connectivity index (χ1n) is 8.27. The van der Waals surface area contributed by atoms with Crippen LogP contribution >= 0.6 is 0 Å². The summed E-state index contributed by atoms with van der Waals surface area (Å²) in [6.45, 7) is 3.73. The molecule has 2 heterocycles. The molecule has 0 aromatic rings. The van der Waals surface area contributed by atoms with Crippen LogP contribution in [0, 0.1) is 0 Å². The van der Waals surface area contributed by atoms with Gasteiger partial charge in [-0.05, 0) is 21.0 Å². The fraction of sp³-hybridized carbons (Fsp3) is 0.867. The van der Waals surface area contributed by atoms with Gasteiger partial charge in [-0.1, -0.05) is 0 Å². The number of amides is 2. The molecule has 2 atom stereocenters. The lowest BCUT2D eigenvalue weighted by Crippen LogP contribution is -2.62. The predicted octanol–water partition coefficient (Wildman–Crippen LogP) is -1.19. The molecule has 8 nitrogen and oxygen atoms in total. The third kappa shape index (κ3) is 4.46. The molecular weight excluding hydrogens is 334 g/mol. The smallest absolute Gasteiger partial charge is 0.237 e. The zero-order valence-corrected chi connectivity index (χ0v) is 15.4. The Bertz CT molecular complexity index is 578. The zero-order valence-electron chi connectivity index (χ0n) is 14.6. The minimum absolute atomic E-state index is 0.0634. The summed E-state index contributed by atoms with van der Waals surface area (Å²) in [7, 11) is 0.352. The summed E-state index contributed by atoms with van der Waals surface area (Å²) >= 11 is 0. The second-order valence-electron chi connectivity index (χ2n) is 6.57. The number of sulfone groups is 1. The molecule has 0 spiro atoms. The largest absolute Gasteiger partial charge is 0.381 e. The van der Waals surface area contributed by atoms with E-state index in [-0.39, 0.29) is 36.3 Å². The van der Waals surface area contributed by atoms with Crippen molar-refractivity contribution in [2.24, 2.45) is 0 Å². The molecule has 138 valence electrons. The van der Waals surface area contributed by atoms with Gasteiger partial charge in [-0.2, -0.15) is 0 Å². The summed E-state index contributed by atoms with van der Waals surface area (Å²) in [6.07, 6.45) is 0.239. The zero-order chi connectivity index (χ0) is 17.9. The summed E-state index contributed by atoms with van der Waals surface area (Å²) in [5.41, 5.74) is 0. The lowest BCUT2D eigenvalue weighted by Gasteiger charge is -2.44. The molecule has 0 N–H and O–H groups in total. The van der Waals surface area contributed by atoms with E-state index in [1.807, 2.05) is 6.92 Å². The van der Waals surface area contributed by atoms with E-state index in [0.29, 0.717) is 26.3 Å². The third-order valence-electron chi connectivity index (χ3n) is 4.43. The standard InChI is InChI=1S/C15H27N3O5S/c1-4-23-8-5-14(19)17-6-7-18(15(20)9-16(2)3)13-11-24(21,22)10-12(13)17/h12-13H,4-11H2,1-3H3/t12-,13+/m0/s1. The highest BCUT2D eigenvalue weighted by molar-refractivity contribution is 7.91. The van der Waals surface area contributed by atoms with Crippen molar-refractivity contribution in [1.82, 2.24) is 14.7 Å².